The van der Waals surface area contributed by atoms with Gasteiger partial charge in [-0.15, -0.1) is 26.3 Å². The molecule has 0 unspecified atom stereocenters. The van der Waals surface area contributed by atoms with Gasteiger partial charge >= 0.3 is 24.7 Å². The van der Waals surface area contributed by atoms with E-state index in [1.54, 1.807) is 6.07 Å². The fourth-order valence-electron chi connectivity index (χ4n) is 4.46. The largest absolute Gasteiger partial charge is 0.573 e. The lowest BCUT2D eigenvalue weighted by atomic mass is 10.2. The van der Waals surface area contributed by atoms with E-state index in [4.69, 9.17) is 37.4 Å². The van der Waals surface area contributed by atoms with Crippen LogP contribution in [0, 0.1) is 0 Å². The van der Waals surface area contributed by atoms with Crippen LogP contribution in [0.4, 0.5) is 26.3 Å². The van der Waals surface area contributed by atoms with E-state index in [-0.39, 0.29) is 50.1 Å². The Bertz CT molecular complexity index is 1930. The van der Waals surface area contributed by atoms with Crippen LogP contribution in [0.25, 0.3) is 0 Å². The molecule has 2 heterocycles. The summed E-state index contributed by atoms with van der Waals surface area (Å²) in [5, 5.41) is 8.63. The normalized spacial score (nSPS) is 14.1. The first-order valence-electron chi connectivity index (χ1n) is 14.8. The summed E-state index contributed by atoms with van der Waals surface area (Å²) in [4.78, 5) is 31.5. The molecule has 2 aliphatic carbocycles. The predicted octanol–water partition coefficient (Wildman–Crippen LogP) is 10.1. The molecule has 0 bridgehead atoms. The molecule has 270 valence electrons. The molecule has 1 N–H and O–H groups in total. The Balaban J connectivity index is 0.000000198. The lowest BCUT2D eigenvalue weighted by Gasteiger charge is -2.13. The number of hydrogen-bond acceptors (Lipinski definition) is 9. The highest BCUT2D eigenvalue weighted by atomic mass is 35.5. The first-order valence-corrected chi connectivity index (χ1v) is 15.5. The van der Waals surface area contributed by atoms with E-state index < -0.39 is 36.2 Å². The maximum atomic E-state index is 12.3. The summed E-state index contributed by atoms with van der Waals surface area (Å²) in [6.45, 7) is 0. The summed E-state index contributed by atoms with van der Waals surface area (Å²) in [5.41, 5.74) is 1.43. The molecule has 0 atom stereocenters. The highest BCUT2D eigenvalue weighted by Gasteiger charge is 2.33. The van der Waals surface area contributed by atoms with Gasteiger partial charge in [0.05, 0.1) is 17.2 Å². The smallest absolute Gasteiger partial charge is 0.477 e. The van der Waals surface area contributed by atoms with Crippen LogP contribution < -0.4 is 18.9 Å². The summed E-state index contributed by atoms with van der Waals surface area (Å²) >= 11 is 11.6. The number of alkyl halides is 6. The zero-order valence-corrected chi connectivity index (χ0v) is 27.5. The van der Waals surface area contributed by atoms with E-state index in [0.717, 1.165) is 49.6 Å². The van der Waals surface area contributed by atoms with Crippen LogP contribution in [0.5, 0.6) is 34.5 Å². The van der Waals surface area contributed by atoms with E-state index in [0.29, 0.717) is 11.6 Å². The second-order valence-corrected chi connectivity index (χ2v) is 11.9. The Kier molecular flexibility index (Phi) is 11.0. The number of nitrogens with zero attached hydrogens (tertiary/aromatic N) is 2. The Hall–Kier alpha value is -4.96. The molecule has 2 aliphatic rings. The lowest BCUT2D eigenvalue weighted by Crippen LogP contribution is -2.17. The van der Waals surface area contributed by atoms with Crippen LogP contribution in [-0.4, -0.2) is 46.8 Å². The Morgan fingerprint density at radius 3 is 1.45 bits per heavy atom. The van der Waals surface area contributed by atoms with Gasteiger partial charge in [0.25, 0.3) is 0 Å². The quantitative estimate of drug-likeness (QED) is 0.123. The molecule has 51 heavy (non-hydrogen) atoms. The number of aromatic carboxylic acids is 1. The number of carbonyl (C=O) groups excluding carboxylic acids is 1. The van der Waals surface area contributed by atoms with Crippen molar-refractivity contribution in [3.8, 4) is 34.5 Å². The van der Waals surface area contributed by atoms with E-state index in [2.05, 4.69) is 19.4 Å². The van der Waals surface area contributed by atoms with Gasteiger partial charge in [-0.1, -0.05) is 23.2 Å². The molecular weight excluding hydrogens is 737 g/mol. The number of methoxy groups -OCH3 is 1. The summed E-state index contributed by atoms with van der Waals surface area (Å²) in [5.74, 6) is -1.95. The van der Waals surface area contributed by atoms with Crippen molar-refractivity contribution in [1.82, 2.24) is 9.97 Å². The zero-order chi connectivity index (χ0) is 37.1. The zero-order valence-electron chi connectivity index (χ0n) is 26.0. The average molecular weight is 761 g/mol. The van der Waals surface area contributed by atoms with Crippen molar-refractivity contribution in [2.45, 2.75) is 50.2 Å². The van der Waals surface area contributed by atoms with Gasteiger partial charge in [-0.2, -0.15) is 0 Å². The third kappa shape index (κ3) is 10.5. The van der Waals surface area contributed by atoms with Crippen molar-refractivity contribution in [1.29, 1.82) is 0 Å². The molecule has 2 aromatic carbocycles. The number of rotatable bonds is 10. The van der Waals surface area contributed by atoms with Crippen LogP contribution in [0.1, 0.15) is 69.6 Å². The number of benzene rings is 2. The second-order valence-electron chi connectivity index (χ2n) is 11.0. The van der Waals surface area contributed by atoms with Gasteiger partial charge in [-0.25, -0.2) is 9.59 Å². The molecule has 0 spiro atoms. The number of hydrogen-bond donors (Lipinski definition) is 1. The Morgan fingerprint density at radius 1 is 0.686 bits per heavy atom. The van der Waals surface area contributed by atoms with Crippen molar-refractivity contribution in [3.63, 3.8) is 0 Å². The van der Waals surface area contributed by atoms with Crippen LogP contribution >= 0.6 is 23.2 Å². The van der Waals surface area contributed by atoms with Crippen molar-refractivity contribution >= 4 is 35.1 Å². The first-order chi connectivity index (χ1) is 24.0. The summed E-state index contributed by atoms with van der Waals surface area (Å²) < 4.78 is 97.1. The number of carboxylic acids is 1. The maximum absolute atomic E-state index is 12.3. The number of pyridine rings is 2. The first kappa shape index (κ1) is 37.3. The van der Waals surface area contributed by atoms with Crippen molar-refractivity contribution < 1.29 is 64.7 Å². The third-order valence-electron chi connectivity index (χ3n) is 7.11. The highest BCUT2D eigenvalue weighted by molar-refractivity contribution is 6.32. The van der Waals surface area contributed by atoms with Crippen LogP contribution in [0.2, 0.25) is 10.0 Å². The summed E-state index contributed by atoms with van der Waals surface area (Å²) in [7, 11) is 1.22. The van der Waals surface area contributed by atoms with Gasteiger partial charge in [0.15, 0.2) is 0 Å². The maximum Gasteiger partial charge on any atom is 0.573 e. The molecule has 0 aliphatic heterocycles. The number of carboxylic acid groups (broad SMARTS) is 1. The van der Waals surface area contributed by atoms with E-state index in [1.807, 2.05) is 0 Å². The number of aromatic nitrogens is 2. The molecule has 0 amide bonds. The van der Waals surface area contributed by atoms with Gasteiger partial charge < -0.3 is 28.8 Å². The minimum atomic E-state index is -4.87. The molecule has 4 aromatic rings. The number of esters is 1. The molecule has 0 saturated heterocycles. The highest BCUT2D eigenvalue weighted by Crippen LogP contribution is 2.43. The number of carbonyl (C=O) groups is 2. The number of halogens is 8. The Morgan fingerprint density at radius 2 is 1.10 bits per heavy atom. The molecule has 18 heteroatoms. The van der Waals surface area contributed by atoms with E-state index >= 15 is 0 Å². The van der Waals surface area contributed by atoms with Crippen molar-refractivity contribution in [3.05, 3.63) is 93.5 Å². The van der Waals surface area contributed by atoms with Crippen molar-refractivity contribution in [2.75, 3.05) is 7.11 Å². The van der Waals surface area contributed by atoms with Crippen LogP contribution in [0.3, 0.4) is 0 Å². The van der Waals surface area contributed by atoms with Crippen LogP contribution in [0.15, 0.2) is 60.9 Å². The molecule has 10 nitrogen and oxygen atoms in total. The van der Waals surface area contributed by atoms with Crippen molar-refractivity contribution in [2.24, 2.45) is 0 Å². The van der Waals surface area contributed by atoms with Gasteiger partial charge in [-0.3, -0.25) is 9.97 Å². The third-order valence-corrected chi connectivity index (χ3v) is 7.71. The molecule has 0 radical (unpaired) electrons. The average Bonchev–Trinajstić information content (AvgIpc) is 3.96. The monoisotopic (exact) mass is 760 g/mol. The van der Waals surface area contributed by atoms with Gasteiger partial charge in [-0.05, 0) is 49.9 Å². The standard InChI is InChI=1S/C17H13ClF3NO4.C16H11ClF3NO4/c1-24-16(23)11-8-22-13(9-2-3-9)7-15(11)25-10-4-5-14(12(18)6-10)26-17(19,20)21;17-11-5-9(3-4-13(11)25-16(18,19)20)24-14-6-12(8-1-2-8)21-7-10(14)15(22)23/h4-9H,2-3H2,1H3;3-8H,1-2H2,(H,22,23). The SMILES string of the molecule is COC(=O)c1cnc(C2CC2)cc1Oc1ccc(OC(F)(F)F)c(Cl)c1.O=C(O)c1cnc(C2CC2)cc1Oc1ccc(OC(F)(F)F)c(Cl)c1. The predicted molar refractivity (Wildman–Crippen MR) is 167 cm³/mol. The summed E-state index contributed by atoms with van der Waals surface area (Å²) in [6, 6.07) is 9.92. The lowest BCUT2D eigenvalue weighted by molar-refractivity contribution is -0.275. The number of ether oxygens (including phenoxy) is 5. The molecule has 2 aromatic heterocycles. The topological polar surface area (TPSA) is 126 Å². The molecule has 2 fully saturated rings. The summed E-state index contributed by atoms with van der Waals surface area (Å²) in [6.07, 6.45) is -3.23. The van der Waals surface area contributed by atoms with E-state index in [9.17, 15) is 41.0 Å². The fourth-order valence-corrected chi connectivity index (χ4v) is 4.88. The molecule has 6 rings (SSSR count). The van der Waals surface area contributed by atoms with Gasteiger partial charge in [0.2, 0.25) is 0 Å². The molecular formula is C33H24Cl2F6N2O8. The fraction of sp³-hybridized carbons (Fsp3) is 0.273. The van der Waals surface area contributed by atoms with Crippen LogP contribution in [-0.2, 0) is 4.74 Å². The van der Waals surface area contributed by atoms with E-state index in [1.165, 1.54) is 43.8 Å². The minimum Gasteiger partial charge on any atom is -0.477 e. The van der Waals surface area contributed by atoms with Gasteiger partial charge in [0, 0.05) is 59.9 Å². The minimum absolute atomic E-state index is 0.0463. The Labute approximate surface area is 294 Å². The van der Waals surface area contributed by atoms with Gasteiger partial charge in [0.1, 0.15) is 45.6 Å². The second kappa shape index (κ2) is 15.1. The molecule has 2 saturated carbocycles.